The van der Waals surface area contributed by atoms with Gasteiger partial charge in [0.15, 0.2) is 11.8 Å². The molecule has 0 unspecified atom stereocenters. The molecule has 0 fully saturated rings. The van der Waals surface area contributed by atoms with Crippen molar-refractivity contribution in [3.8, 4) is 0 Å². The molecule has 0 aromatic carbocycles. The normalized spacial score (nSPS) is 9.00. The van der Waals surface area contributed by atoms with Gasteiger partial charge in [0, 0.05) is 12.3 Å². The smallest absolute Gasteiger partial charge is 0.192 e. The third-order valence-electron chi connectivity index (χ3n) is 1.20. The highest BCUT2D eigenvalue weighted by molar-refractivity contribution is 5.85. The number of halogens is 1. The maximum Gasteiger partial charge on any atom is 0.192 e. The molecule has 7 heteroatoms. The summed E-state index contributed by atoms with van der Waals surface area (Å²) >= 11 is 0. The second-order valence-corrected chi connectivity index (χ2v) is 2.20. The van der Waals surface area contributed by atoms with Crippen LogP contribution in [0.15, 0.2) is 17.3 Å². The maximum absolute atomic E-state index is 8.56. The fourth-order valence-electron chi connectivity index (χ4n) is 0.770. The van der Waals surface area contributed by atoms with Crippen LogP contribution in [0.3, 0.4) is 0 Å². The van der Waals surface area contributed by atoms with Gasteiger partial charge in [-0.1, -0.05) is 0 Å². The molecule has 1 aromatic rings. The van der Waals surface area contributed by atoms with Crippen molar-refractivity contribution >= 4 is 24.2 Å². The maximum atomic E-state index is 8.56. The molecule has 0 bridgehead atoms. The Kier molecular flexibility index (Phi) is 4.86. The summed E-state index contributed by atoms with van der Waals surface area (Å²) in [5.41, 5.74) is 10.3. The zero-order valence-electron chi connectivity index (χ0n) is 6.92. The van der Waals surface area contributed by atoms with Crippen molar-refractivity contribution in [2.45, 2.75) is 6.54 Å². The first-order valence-electron chi connectivity index (χ1n) is 3.46. The van der Waals surface area contributed by atoms with Gasteiger partial charge in [-0.2, -0.15) is 10.1 Å². The molecule has 5 N–H and O–H groups in total. The summed E-state index contributed by atoms with van der Waals surface area (Å²) in [5.74, 6) is 0.424. The fourth-order valence-corrected chi connectivity index (χ4v) is 0.770. The van der Waals surface area contributed by atoms with Gasteiger partial charge in [-0.05, 0) is 0 Å². The van der Waals surface area contributed by atoms with Gasteiger partial charge in [-0.25, -0.2) is 0 Å². The Labute approximate surface area is 81.7 Å². The highest BCUT2D eigenvalue weighted by Crippen LogP contribution is 2.05. The van der Waals surface area contributed by atoms with Crippen LogP contribution in [0.2, 0.25) is 0 Å². The van der Waals surface area contributed by atoms with Crippen molar-refractivity contribution in [3.63, 3.8) is 0 Å². The minimum absolute atomic E-state index is 0. The van der Waals surface area contributed by atoms with Crippen LogP contribution in [-0.2, 0) is 6.54 Å². The first-order chi connectivity index (χ1) is 5.72. The second kappa shape index (κ2) is 5.39. The van der Waals surface area contributed by atoms with E-state index in [0.29, 0.717) is 12.4 Å². The lowest BCUT2D eigenvalue weighted by atomic mass is 10.6. The third kappa shape index (κ3) is 3.77. The molecular formula is C6H12ClN5O. The van der Waals surface area contributed by atoms with Gasteiger partial charge in [0.25, 0.3) is 0 Å². The topological polar surface area (TPSA) is 102 Å². The number of guanidine groups is 1. The Bertz CT molecular complexity index is 280. The van der Waals surface area contributed by atoms with Gasteiger partial charge in [0.05, 0.1) is 13.2 Å². The summed E-state index contributed by atoms with van der Waals surface area (Å²) in [6.45, 7) is 0.489. The molecule has 0 atom stereocenters. The highest BCUT2D eigenvalue weighted by atomic mass is 35.5. The molecule has 1 rings (SSSR count). The fraction of sp³-hybridized carbons (Fsp3) is 0.333. The van der Waals surface area contributed by atoms with E-state index in [4.69, 9.17) is 16.6 Å². The zero-order valence-corrected chi connectivity index (χ0v) is 7.74. The zero-order chi connectivity index (χ0) is 8.97. The van der Waals surface area contributed by atoms with Crippen LogP contribution in [0.4, 0.5) is 5.82 Å². The van der Waals surface area contributed by atoms with Crippen molar-refractivity contribution < 1.29 is 5.11 Å². The Morgan fingerprint density at radius 3 is 2.85 bits per heavy atom. The average Bonchev–Trinajstić information content (AvgIpc) is 2.36. The molecule has 1 heterocycles. The molecule has 13 heavy (non-hydrogen) atoms. The Balaban J connectivity index is 0.00000144. The van der Waals surface area contributed by atoms with Crippen LogP contribution < -0.4 is 11.5 Å². The minimum Gasteiger partial charge on any atom is -0.394 e. The van der Waals surface area contributed by atoms with Crippen molar-refractivity contribution in [2.24, 2.45) is 16.5 Å². The Morgan fingerprint density at radius 2 is 2.31 bits per heavy atom. The molecule has 0 radical (unpaired) electrons. The van der Waals surface area contributed by atoms with E-state index in [1.807, 2.05) is 0 Å². The number of aliphatic hydroxyl groups excluding tert-OH is 1. The number of aliphatic hydroxyl groups is 1. The van der Waals surface area contributed by atoms with Gasteiger partial charge in [0.1, 0.15) is 0 Å². The van der Waals surface area contributed by atoms with Crippen molar-refractivity contribution in [1.82, 2.24) is 9.78 Å². The molecule has 0 amide bonds. The van der Waals surface area contributed by atoms with Gasteiger partial charge < -0.3 is 16.6 Å². The molecule has 0 aliphatic carbocycles. The van der Waals surface area contributed by atoms with E-state index in [1.54, 1.807) is 16.9 Å². The van der Waals surface area contributed by atoms with Crippen LogP contribution in [0.25, 0.3) is 0 Å². The monoisotopic (exact) mass is 205 g/mol. The van der Waals surface area contributed by atoms with E-state index in [0.717, 1.165) is 0 Å². The summed E-state index contributed by atoms with van der Waals surface area (Å²) in [7, 11) is 0. The number of nitrogens with two attached hydrogens (primary N) is 2. The molecule has 0 aliphatic rings. The molecule has 0 saturated heterocycles. The lowest BCUT2D eigenvalue weighted by molar-refractivity contribution is 0.269. The largest absolute Gasteiger partial charge is 0.394 e. The number of nitrogens with zero attached hydrogens (tertiary/aromatic N) is 3. The summed E-state index contributed by atoms with van der Waals surface area (Å²) in [6, 6.07) is 1.66. The number of aromatic nitrogens is 2. The molecule has 0 saturated carbocycles. The first kappa shape index (κ1) is 11.7. The predicted octanol–water partition coefficient (Wildman–Crippen LogP) is -0.798. The van der Waals surface area contributed by atoms with Crippen molar-refractivity contribution in [2.75, 3.05) is 6.61 Å². The van der Waals surface area contributed by atoms with Crippen LogP contribution in [0.5, 0.6) is 0 Å². The molecule has 0 aliphatic heterocycles. The molecular weight excluding hydrogens is 194 g/mol. The predicted molar refractivity (Wildman–Crippen MR) is 52.0 cm³/mol. The third-order valence-corrected chi connectivity index (χ3v) is 1.20. The van der Waals surface area contributed by atoms with Crippen LogP contribution in [0.1, 0.15) is 0 Å². The number of hydrogen-bond donors (Lipinski definition) is 3. The average molecular weight is 206 g/mol. The first-order valence-corrected chi connectivity index (χ1v) is 3.46. The van der Waals surface area contributed by atoms with Crippen LogP contribution in [-0.4, -0.2) is 27.5 Å². The number of rotatable bonds is 3. The molecule has 74 valence electrons. The second-order valence-electron chi connectivity index (χ2n) is 2.20. The van der Waals surface area contributed by atoms with Crippen LogP contribution in [0, 0.1) is 0 Å². The lowest BCUT2D eigenvalue weighted by Crippen LogP contribution is -2.21. The standard InChI is InChI=1S/C6H11N5O.ClH/c7-6(8)9-5-1-2-11(10-5)3-4-12;/h1-2,12H,3-4H2,(H4,7,8,9,10);1H. The molecule has 6 nitrogen and oxygen atoms in total. The SMILES string of the molecule is Cl.NC(N)=Nc1ccn(CCO)n1. The van der Waals surface area contributed by atoms with Gasteiger partial charge in [-0.15, -0.1) is 12.4 Å². The molecule has 1 aromatic heterocycles. The summed E-state index contributed by atoms with van der Waals surface area (Å²) in [6.07, 6.45) is 1.69. The van der Waals surface area contributed by atoms with E-state index in [9.17, 15) is 0 Å². The minimum atomic E-state index is -0.0238. The van der Waals surface area contributed by atoms with E-state index in [1.165, 1.54) is 0 Å². The van der Waals surface area contributed by atoms with Crippen LogP contribution >= 0.6 is 12.4 Å². The van der Waals surface area contributed by atoms with E-state index >= 15 is 0 Å². The van der Waals surface area contributed by atoms with Gasteiger partial charge in [0.2, 0.25) is 0 Å². The summed E-state index contributed by atoms with van der Waals surface area (Å²) in [5, 5.41) is 12.5. The summed E-state index contributed by atoms with van der Waals surface area (Å²) in [4.78, 5) is 3.72. The van der Waals surface area contributed by atoms with Crippen molar-refractivity contribution in [3.05, 3.63) is 12.3 Å². The Hall–Kier alpha value is -1.27. The molecule has 0 spiro atoms. The lowest BCUT2D eigenvalue weighted by Gasteiger charge is -1.93. The Morgan fingerprint density at radius 1 is 1.62 bits per heavy atom. The van der Waals surface area contributed by atoms with E-state index in [2.05, 4.69) is 10.1 Å². The highest BCUT2D eigenvalue weighted by Gasteiger charge is 1.95. The van der Waals surface area contributed by atoms with Gasteiger partial charge in [-0.3, -0.25) is 4.68 Å². The number of hydrogen-bond acceptors (Lipinski definition) is 3. The van der Waals surface area contributed by atoms with Crippen molar-refractivity contribution in [1.29, 1.82) is 0 Å². The van der Waals surface area contributed by atoms with Gasteiger partial charge >= 0.3 is 0 Å². The quantitative estimate of drug-likeness (QED) is 0.444. The number of aliphatic imine (C=N–C) groups is 1. The summed E-state index contributed by atoms with van der Waals surface area (Å²) < 4.78 is 1.56. The van der Waals surface area contributed by atoms with E-state index < -0.39 is 0 Å². The van der Waals surface area contributed by atoms with E-state index in [-0.39, 0.29) is 25.0 Å².